The zero-order valence-corrected chi connectivity index (χ0v) is 9.35. The molecule has 1 aromatic carbocycles. The van der Waals surface area contributed by atoms with E-state index in [9.17, 15) is 10.1 Å². The second-order valence-corrected chi connectivity index (χ2v) is 4.27. The van der Waals surface area contributed by atoms with E-state index in [1.165, 1.54) is 6.07 Å². The van der Waals surface area contributed by atoms with Gasteiger partial charge in [-0.1, -0.05) is 17.7 Å². The van der Waals surface area contributed by atoms with Crippen LogP contribution in [0, 0.1) is 10.1 Å². The lowest BCUT2D eigenvalue weighted by molar-refractivity contribution is -0.384. The van der Waals surface area contributed by atoms with Gasteiger partial charge in [0.1, 0.15) is 10.7 Å². The van der Waals surface area contributed by atoms with Gasteiger partial charge >= 0.3 is 5.69 Å². The monoisotopic (exact) mass is 241 g/mol. The highest BCUT2D eigenvalue weighted by Crippen LogP contribution is 2.36. The van der Waals surface area contributed by atoms with E-state index >= 15 is 0 Å². The molecule has 0 amide bonds. The molecule has 2 N–H and O–H groups in total. The molecule has 0 radical (unpaired) electrons. The lowest BCUT2D eigenvalue weighted by Crippen LogP contribution is -2.26. The zero-order chi connectivity index (χ0) is 11.7. The number of anilines is 1. The van der Waals surface area contributed by atoms with E-state index in [0.717, 1.165) is 13.0 Å². The molecular weight excluding hydrogens is 230 g/mol. The molecule has 0 aromatic heterocycles. The largest absolute Gasteiger partial charge is 0.364 e. The van der Waals surface area contributed by atoms with E-state index in [2.05, 4.69) is 0 Å². The van der Waals surface area contributed by atoms with Crippen LogP contribution in [0.15, 0.2) is 18.2 Å². The van der Waals surface area contributed by atoms with Crippen molar-refractivity contribution in [2.45, 2.75) is 12.5 Å². The van der Waals surface area contributed by atoms with E-state index in [-0.39, 0.29) is 16.8 Å². The maximum Gasteiger partial charge on any atom is 0.310 e. The third kappa shape index (κ3) is 1.96. The molecule has 86 valence electrons. The molecule has 5 nitrogen and oxygen atoms in total. The number of nitrogens with two attached hydrogens (primary N) is 1. The van der Waals surface area contributed by atoms with Gasteiger partial charge in [0, 0.05) is 19.1 Å². The number of nitro groups is 1. The van der Waals surface area contributed by atoms with Crippen molar-refractivity contribution in [2.75, 3.05) is 18.0 Å². The highest BCUT2D eigenvalue weighted by Gasteiger charge is 2.27. The van der Waals surface area contributed by atoms with Crippen molar-refractivity contribution in [3.8, 4) is 0 Å². The number of nitrogens with zero attached hydrogens (tertiary/aromatic N) is 2. The van der Waals surface area contributed by atoms with Crippen molar-refractivity contribution < 1.29 is 4.92 Å². The SMILES string of the molecule is NC1CCN(c2cccc(Cl)c2[N+](=O)[O-])C1. The van der Waals surface area contributed by atoms with Crippen LogP contribution < -0.4 is 10.6 Å². The minimum atomic E-state index is -0.443. The van der Waals surface area contributed by atoms with Crippen LogP contribution in [0.3, 0.4) is 0 Å². The average molecular weight is 242 g/mol. The summed E-state index contributed by atoms with van der Waals surface area (Å²) in [4.78, 5) is 12.4. The van der Waals surface area contributed by atoms with Gasteiger partial charge in [-0.05, 0) is 18.6 Å². The Labute approximate surface area is 97.9 Å². The Bertz CT molecular complexity index is 425. The molecule has 2 rings (SSSR count). The maximum atomic E-state index is 10.9. The van der Waals surface area contributed by atoms with Crippen LogP contribution in [0.25, 0.3) is 0 Å². The smallest absolute Gasteiger partial charge is 0.310 e. The normalized spacial score (nSPS) is 20.1. The fourth-order valence-corrected chi connectivity index (χ4v) is 2.18. The van der Waals surface area contributed by atoms with Gasteiger partial charge in [0.2, 0.25) is 0 Å². The van der Waals surface area contributed by atoms with Gasteiger partial charge in [0.15, 0.2) is 0 Å². The number of halogens is 1. The molecule has 1 aliphatic rings. The van der Waals surface area contributed by atoms with Crippen LogP contribution in [-0.4, -0.2) is 24.1 Å². The molecule has 1 heterocycles. The third-order valence-electron chi connectivity index (χ3n) is 2.71. The van der Waals surface area contributed by atoms with Gasteiger partial charge in [-0.25, -0.2) is 0 Å². The van der Waals surface area contributed by atoms with Crippen molar-refractivity contribution in [1.29, 1.82) is 0 Å². The summed E-state index contributed by atoms with van der Waals surface area (Å²) in [6, 6.07) is 5.04. The van der Waals surface area contributed by atoms with Crippen molar-refractivity contribution in [1.82, 2.24) is 0 Å². The number of hydrogen-bond acceptors (Lipinski definition) is 4. The van der Waals surface area contributed by atoms with E-state index in [4.69, 9.17) is 17.3 Å². The van der Waals surface area contributed by atoms with E-state index < -0.39 is 4.92 Å². The van der Waals surface area contributed by atoms with Crippen LogP contribution in [-0.2, 0) is 0 Å². The molecule has 0 aliphatic carbocycles. The van der Waals surface area contributed by atoms with Crippen LogP contribution >= 0.6 is 11.6 Å². The number of para-hydroxylation sites is 1. The molecule has 0 saturated carbocycles. The molecular formula is C10H12ClN3O2. The quantitative estimate of drug-likeness (QED) is 0.633. The van der Waals surface area contributed by atoms with Crippen LogP contribution in [0.2, 0.25) is 5.02 Å². The highest BCUT2D eigenvalue weighted by molar-refractivity contribution is 6.33. The molecule has 16 heavy (non-hydrogen) atoms. The van der Waals surface area contributed by atoms with Gasteiger partial charge in [-0.2, -0.15) is 0 Å². The lowest BCUT2D eigenvalue weighted by atomic mass is 10.2. The van der Waals surface area contributed by atoms with Crippen LogP contribution in [0.5, 0.6) is 0 Å². The standard InChI is InChI=1S/C10H12ClN3O2/c11-8-2-1-3-9(10(8)14(15)16)13-5-4-7(12)6-13/h1-3,7H,4-6,12H2. The summed E-state index contributed by atoms with van der Waals surface area (Å²) in [6.45, 7) is 1.38. The number of benzene rings is 1. The first kappa shape index (κ1) is 11.2. The second-order valence-electron chi connectivity index (χ2n) is 3.86. The van der Waals surface area contributed by atoms with Gasteiger partial charge < -0.3 is 10.6 Å². The summed E-state index contributed by atoms with van der Waals surface area (Å²) in [6.07, 6.45) is 0.851. The maximum absolute atomic E-state index is 10.9. The Kier molecular flexibility index (Phi) is 2.98. The van der Waals surface area contributed by atoms with Crippen molar-refractivity contribution in [3.05, 3.63) is 33.3 Å². The fourth-order valence-electron chi connectivity index (χ4n) is 1.95. The molecule has 0 spiro atoms. The predicted octanol–water partition coefficient (Wildman–Crippen LogP) is 1.79. The van der Waals surface area contributed by atoms with Crippen molar-refractivity contribution in [3.63, 3.8) is 0 Å². The first-order valence-electron chi connectivity index (χ1n) is 5.03. The van der Waals surface area contributed by atoms with Gasteiger partial charge in [-0.15, -0.1) is 0 Å². The molecule has 1 aliphatic heterocycles. The van der Waals surface area contributed by atoms with Crippen LogP contribution in [0.1, 0.15) is 6.42 Å². The first-order valence-corrected chi connectivity index (χ1v) is 5.41. The summed E-state index contributed by atoms with van der Waals surface area (Å²) in [7, 11) is 0. The van der Waals surface area contributed by atoms with Gasteiger partial charge in [-0.3, -0.25) is 10.1 Å². The van der Waals surface area contributed by atoms with Gasteiger partial charge in [0.05, 0.1) is 4.92 Å². The van der Waals surface area contributed by atoms with E-state index in [0.29, 0.717) is 12.2 Å². The Morgan fingerprint density at radius 2 is 2.31 bits per heavy atom. The predicted molar refractivity (Wildman–Crippen MR) is 62.9 cm³/mol. The first-order chi connectivity index (χ1) is 7.59. The topological polar surface area (TPSA) is 72.4 Å². The Balaban J connectivity index is 2.40. The molecule has 0 bridgehead atoms. The summed E-state index contributed by atoms with van der Waals surface area (Å²) in [5.74, 6) is 0. The average Bonchev–Trinajstić information content (AvgIpc) is 2.63. The summed E-state index contributed by atoms with van der Waals surface area (Å²) >= 11 is 5.84. The molecule has 1 saturated heterocycles. The third-order valence-corrected chi connectivity index (χ3v) is 3.02. The van der Waals surface area contributed by atoms with Gasteiger partial charge in [0.25, 0.3) is 0 Å². The minimum absolute atomic E-state index is 0.0294. The summed E-state index contributed by atoms with van der Waals surface area (Å²) in [5.41, 5.74) is 6.31. The van der Waals surface area contributed by atoms with E-state index in [1.807, 2.05) is 4.90 Å². The van der Waals surface area contributed by atoms with Crippen molar-refractivity contribution >= 4 is 23.0 Å². The fraction of sp³-hybridized carbons (Fsp3) is 0.400. The zero-order valence-electron chi connectivity index (χ0n) is 8.60. The number of rotatable bonds is 2. The Morgan fingerprint density at radius 3 is 2.88 bits per heavy atom. The minimum Gasteiger partial charge on any atom is -0.364 e. The molecule has 1 unspecified atom stereocenters. The second kappa shape index (κ2) is 4.27. The lowest BCUT2D eigenvalue weighted by Gasteiger charge is -2.18. The summed E-state index contributed by atoms with van der Waals surface area (Å²) in [5, 5.41) is 11.1. The molecule has 6 heteroatoms. The Hall–Kier alpha value is -1.33. The van der Waals surface area contributed by atoms with E-state index in [1.54, 1.807) is 12.1 Å². The summed E-state index contributed by atoms with van der Waals surface area (Å²) < 4.78 is 0. The Morgan fingerprint density at radius 1 is 1.56 bits per heavy atom. The number of hydrogen-bond donors (Lipinski definition) is 1. The molecule has 1 atom stereocenters. The molecule has 1 fully saturated rings. The highest BCUT2D eigenvalue weighted by atomic mass is 35.5. The van der Waals surface area contributed by atoms with Crippen LogP contribution in [0.4, 0.5) is 11.4 Å². The molecule has 1 aromatic rings. The number of nitro benzene ring substituents is 1. The van der Waals surface area contributed by atoms with Crippen molar-refractivity contribution in [2.24, 2.45) is 5.73 Å².